The number of carbonyl (C=O) groups is 1. The van der Waals surface area contributed by atoms with E-state index in [0.717, 1.165) is 18.3 Å². The molecule has 1 aromatic heterocycles. The summed E-state index contributed by atoms with van der Waals surface area (Å²) in [6, 6.07) is 5.13. The average molecular weight is 234 g/mol. The molecule has 1 aliphatic rings. The summed E-state index contributed by atoms with van der Waals surface area (Å²) in [5.74, 6) is 0.508. The van der Waals surface area contributed by atoms with Crippen LogP contribution in [0.4, 0.5) is 5.82 Å². The van der Waals surface area contributed by atoms with Gasteiger partial charge in [-0.05, 0) is 30.9 Å². The fourth-order valence-electron chi connectivity index (χ4n) is 2.43. The van der Waals surface area contributed by atoms with Crippen molar-refractivity contribution in [2.24, 2.45) is 5.92 Å². The van der Waals surface area contributed by atoms with E-state index in [1.807, 2.05) is 13.1 Å². The van der Waals surface area contributed by atoms with E-state index in [0.29, 0.717) is 0 Å². The second-order valence-corrected chi connectivity index (χ2v) is 4.72. The van der Waals surface area contributed by atoms with E-state index in [1.54, 1.807) is 6.07 Å². The predicted molar refractivity (Wildman–Crippen MR) is 66.4 cm³/mol. The second kappa shape index (κ2) is 5.17. The van der Waals surface area contributed by atoms with Crippen molar-refractivity contribution in [3.63, 3.8) is 0 Å². The maximum absolute atomic E-state index is 10.8. The van der Waals surface area contributed by atoms with Crippen LogP contribution in [0.1, 0.15) is 36.2 Å². The van der Waals surface area contributed by atoms with Gasteiger partial charge in [0.05, 0.1) is 0 Å². The zero-order valence-corrected chi connectivity index (χ0v) is 10.1. The van der Waals surface area contributed by atoms with Crippen LogP contribution in [0.15, 0.2) is 18.2 Å². The second-order valence-electron chi connectivity index (χ2n) is 4.72. The summed E-state index contributed by atoms with van der Waals surface area (Å²) in [6.07, 6.45) is 5.20. The molecule has 0 bridgehead atoms. The normalized spacial score (nSPS) is 16.1. The van der Waals surface area contributed by atoms with Gasteiger partial charge in [0.15, 0.2) is 5.69 Å². The molecule has 0 spiro atoms. The van der Waals surface area contributed by atoms with Gasteiger partial charge in [0.2, 0.25) is 0 Å². The van der Waals surface area contributed by atoms with E-state index in [9.17, 15) is 4.79 Å². The Hall–Kier alpha value is -1.58. The zero-order chi connectivity index (χ0) is 12.3. The SMILES string of the molecule is CN(CC1CCCC1)c1cccc(C(=O)O)n1. The number of aromatic carboxylic acids is 1. The number of rotatable bonds is 4. The number of anilines is 1. The van der Waals surface area contributed by atoms with Crippen LogP contribution in [0.25, 0.3) is 0 Å². The zero-order valence-electron chi connectivity index (χ0n) is 10.1. The maximum atomic E-state index is 10.8. The first-order valence-electron chi connectivity index (χ1n) is 6.08. The van der Waals surface area contributed by atoms with E-state index < -0.39 is 5.97 Å². The molecule has 0 saturated heterocycles. The number of hydrogen-bond acceptors (Lipinski definition) is 3. The van der Waals surface area contributed by atoms with Crippen molar-refractivity contribution in [1.29, 1.82) is 0 Å². The van der Waals surface area contributed by atoms with Gasteiger partial charge in [-0.2, -0.15) is 0 Å². The highest BCUT2D eigenvalue weighted by Gasteiger charge is 2.17. The van der Waals surface area contributed by atoms with Crippen molar-refractivity contribution in [1.82, 2.24) is 4.98 Å². The van der Waals surface area contributed by atoms with Crippen molar-refractivity contribution in [2.75, 3.05) is 18.5 Å². The molecule has 17 heavy (non-hydrogen) atoms. The summed E-state index contributed by atoms with van der Waals surface area (Å²) < 4.78 is 0. The summed E-state index contributed by atoms with van der Waals surface area (Å²) >= 11 is 0. The van der Waals surface area contributed by atoms with E-state index in [4.69, 9.17) is 5.11 Å². The van der Waals surface area contributed by atoms with Gasteiger partial charge in [-0.25, -0.2) is 9.78 Å². The molecule has 4 nitrogen and oxygen atoms in total. The van der Waals surface area contributed by atoms with Gasteiger partial charge in [0.25, 0.3) is 0 Å². The fourth-order valence-corrected chi connectivity index (χ4v) is 2.43. The summed E-state index contributed by atoms with van der Waals surface area (Å²) in [5, 5.41) is 8.89. The number of carboxylic acid groups (broad SMARTS) is 1. The largest absolute Gasteiger partial charge is 0.477 e. The first-order valence-corrected chi connectivity index (χ1v) is 6.08. The van der Waals surface area contributed by atoms with Crippen LogP contribution >= 0.6 is 0 Å². The van der Waals surface area contributed by atoms with Crippen molar-refractivity contribution in [3.8, 4) is 0 Å². The monoisotopic (exact) mass is 234 g/mol. The van der Waals surface area contributed by atoms with Gasteiger partial charge < -0.3 is 10.0 Å². The minimum atomic E-state index is -0.971. The molecular formula is C13H18N2O2. The van der Waals surface area contributed by atoms with Gasteiger partial charge in [-0.1, -0.05) is 18.9 Å². The third-order valence-electron chi connectivity index (χ3n) is 3.35. The summed E-state index contributed by atoms with van der Waals surface area (Å²) in [4.78, 5) is 17.0. The Morgan fingerprint density at radius 3 is 2.82 bits per heavy atom. The van der Waals surface area contributed by atoms with Gasteiger partial charge >= 0.3 is 5.97 Å². The van der Waals surface area contributed by atoms with Crippen molar-refractivity contribution in [3.05, 3.63) is 23.9 Å². The molecule has 0 aromatic carbocycles. The fraction of sp³-hybridized carbons (Fsp3) is 0.538. The van der Waals surface area contributed by atoms with Crippen LogP contribution < -0.4 is 4.90 Å². The Morgan fingerprint density at radius 1 is 1.47 bits per heavy atom. The molecule has 2 rings (SSSR count). The molecule has 1 saturated carbocycles. The first kappa shape index (κ1) is 11.9. The van der Waals surface area contributed by atoms with Crippen LogP contribution in [0.3, 0.4) is 0 Å². The van der Waals surface area contributed by atoms with E-state index >= 15 is 0 Å². The molecule has 0 amide bonds. The summed E-state index contributed by atoms with van der Waals surface area (Å²) in [7, 11) is 1.98. The van der Waals surface area contributed by atoms with Gasteiger partial charge in [0, 0.05) is 13.6 Å². The van der Waals surface area contributed by atoms with Gasteiger partial charge in [-0.3, -0.25) is 0 Å². The number of pyridine rings is 1. The molecular weight excluding hydrogens is 216 g/mol. The first-order chi connectivity index (χ1) is 8.16. The Morgan fingerprint density at radius 2 is 2.18 bits per heavy atom. The molecule has 1 N–H and O–H groups in total. The van der Waals surface area contributed by atoms with E-state index in [1.165, 1.54) is 31.7 Å². The summed E-state index contributed by atoms with van der Waals surface area (Å²) in [6.45, 7) is 0.968. The number of nitrogens with zero attached hydrogens (tertiary/aromatic N) is 2. The predicted octanol–water partition coefficient (Wildman–Crippen LogP) is 2.41. The number of aromatic nitrogens is 1. The molecule has 0 aliphatic heterocycles. The van der Waals surface area contributed by atoms with Crippen LogP contribution in [0, 0.1) is 5.92 Å². The standard InChI is InChI=1S/C13H18N2O2/c1-15(9-10-5-2-3-6-10)12-8-4-7-11(14-12)13(16)17/h4,7-8,10H,2-3,5-6,9H2,1H3,(H,16,17). The van der Waals surface area contributed by atoms with Crippen molar-refractivity contribution >= 4 is 11.8 Å². The lowest BCUT2D eigenvalue weighted by atomic mass is 10.1. The Labute approximate surface area is 101 Å². The highest BCUT2D eigenvalue weighted by molar-refractivity contribution is 5.85. The minimum Gasteiger partial charge on any atom is -0.477 e. The molecule has 92 valence electrons. The quantitative estimate of drug-likeness (QED) is 0.869. The third-order valence-corrected chi connectivity index (χ3v) is 3.35. The lowest BCUT2D eigenvalue weighted by Gasteiger charge is -2.22. The lowest BCUT2D eigenvalue weighted by molar-refractivity contribution is 0.0690. The molecule has 0 unspecified atom stereocenters. The van der Waals surface area contributed by atoms with Crippen LogP contribution in [-0.4, -0.2) is 29.7 Å². The topological polar surface area (TPSA) is 53.4 Å². The Balaban J connectivity index is 2.04. The number of carboxylic acids is 1. The minimum absolute atomic E-state index is 0.112. The Bertz CT molecular complexity index is 400. The molecule has 0 radical (unpaired) electrons. The summed E-state index contributed by atoms with van der Waals surface area (Å²) in [5.41, 5.74) is 0.112. The highest BCUT2D eigenvalue weighted by atomic mass is 16.4. The molecule has 1 aromatic rings. The van der Waals surface area contributed by atoms with E-state index in [-0.39, 0.29) is 5.69 Å². The molecule has 0 atom stereocenters. The average Bonchev–Trinajstić information content (AvgIpc) is 2.82. The Kier molecular flexibility index (Phi) is 3.61. The van der Waals surface area contributed by atoms with Crippen molar-refractivity contribution in [2.45, 2.75) is 25.7 Å². The van der Waals surface area contributed by atoms with Crippen LogP contribution in [-0.2, 0) is 0 Å². The molecule has 4 heteroatoms. The highest BCUT2D eigenvalue weighted by Crippen LogP contribution is 2.26. The number of hydrogen-bond donors (Lipinski definition) is 1. The van der Waals surface area contributed by atoms with E-state index in [2.05, 4.69) is 9.88 Å². The smallest absolute Gasteiger partial charge is 0.354 e. The lowest BCUT2D eigenvalue weighted by Crippen LogP contribution is -2.25. The molecule has 1 heterocycles. The van der Waals surface area contributed by atoms with Gasteiger partial charge in [0.1, 0.15) is 5.82 Å². The third kappa shape index (κ3) is 2.96. The van der Waals surface area contributed by atoms with Crippen molar-refractivity contribution < 1.29 is 9.90 Å². The van der Waals surface area contributed by atoms with Gasteiger partial charge in [-0.15, -0.1) is 0 Å². The molecule has 1 aliphatic carbocycles. The maximum Gasteiger partial charge on any atom is 0.354 e. The van der Waals surface area contributed by atoms with Crippen LogP contribution in [0.2, 0.25) is 0 Å². The molecule has 1 fully saturated rings. The van der Waals surface area contributed by atoms with Crippen LogP contribution in [0.5, 0.6) is 0 Å².